The molecule has 1 amide bonds. The van der Waals surface area contributed by atoms with E-state index in [-0.39, 0.29) is 5.91 Å². The molecule has 32 heavy (non-hydrogen) atoms. The van der Waals surface area contributed by atoms with Gasteiger partial charge in [-0.25, -0.2) is 0 Å². The number of ether oxygens (including phenoxy) is 1. The van der Waals surface area contributed by atoms with Crippen molar-refractivity contribution in [3.63, 3.8) is 0 Å². The third kappa shape index (κ3) is 4.09. The average Bonchev–Trinajstić information content (AvgIpc) is 3.30. The van der Waals surface area contributed by atoms with Crippen molar-refractivity contribution in [3.05, 3.63) is 42.1 Å². The lowest BCUT2D eigenvalue weighted by atomic mass is 10.1. The molecule has 2 aliphatic rings. The van der Waals surface area contributed by atoms with Crippen LogP contribution >= 0.6 is 0 Å². The molecule has 5 rings (SSSR count). The number of H-pyrrole nitrogens is 1. The fourth-order valence-electron chi connectivity index (χ4n) is 4.19. The van der Waals surface area contributed by atoms with Gasteiger partial charge in [0.15, 0.2) is 0 Å². The van der Waals surface area contributed by atoms with Crippen molar-refractivity contribution >= 4 is 11.6 Å². The average molecular weight is 434 g/mol. The van der Waals surface area contributed by atoms with E-state index in [4.69, 9.17) is 4.74 Å². The molecule has 0 bridgehead atoms. The number of likely N-dealkylation sites (N-methyl/N-ethyl adjacent to an activating group) is 1. The molecule has 9 nitrogen and oxygen atoms in total. The molecule has 0 unspecified atom stereocenters. The third-order valence-corrected chi connectivity index (χ3v) is 6.03. The Labute approximate surface area is 187 Å². The van der Waals surface area contributed by atoms with Crippen molar-refractivity contribution in [1.82, 2.24) is 30.2 Å². The van der Waals surface area contributed by atoms with Crippen molar-refractivity contribution in [2.45, 2.75) is 6.92 Å². The number of piperazine rings is 1. The van der Waals surface area contributed by atoms with Gasteiger partial charge in [0.1, 0.15) is 23.7 Å². The number of hydrogen-bond acceptors (Lipinski definition) is 7. The predicted octanol–water partition coefficient (Wildman–Crippen LogP) is 1.81. The normalized spacial score (nSPS) is 17.1. The van der Waals surface area contributed by atoms with Crippen molar-refractivity contribution < 1.29 is 9.53 Å². The molecule has 2 aromatic heterocycles. The van der Waals surface area contributed by atoms with Crippen LogP contribution in [0.5, 0.6) is 5.75 Å². The summed E-state index contributed by atoms with van der Waals surface area (Å²) in [5.41, 5.74) is 4.68. The van der Waals surface area contributed by atoms with Crippen LogP contribution in [0.2, 0.25) is 0 Å². The summed E-state index contributed by atoms with van der Waals surface area (Å²) in [4.78, 5) is 24.1. The summed E-state index contributed by atoms with van der Waals surface area (Å²) >= 11 is 0. The molecular formula is C23H27N7O2. The highest BCUT2D eigenvalue weighted by atomic mass is 16.5. The molecule has 1 fully saturated rings. The van der Waals surface area contributed by atoms with Gasteiger partial charge in [0.05, 0.1) is 24.5 Å². The number of pyridine rings is 1. The summed E-state index contributed by atoms with van der Waals surface area (Å²) in [5, 5.41) is 11.4. The maximum Gasteiger partial charge on any atom is 0.241 e. The number of anilines is 1. The molecule has 1 aromatic carbocycles. The van der Waals surface area contributed by atoms with Crippen LogP contribution in [0, 0.1) is 6.92 Å². The van der Waals surface area contributed by atoms with Gasteiger partial charge in [-0.3, -0.25) is 14.7 Å². The van der Waals surface area contributed by atoms with E-state index in [0.717, 1.165) is 48.8 Å². The van der Waals surface area contributed by atoms with E-state index in [1.165, 1.54) is 0 Å². The van der Waals surface area contributed by atoms with Crippen molar-refractivity contribution in [2.75, 3.05) is 57.8 Å². The number of fused-ring (bicyclic) bond motifs is 1. The molecule has 9 heteroatoms. The van der Waals surface area contributed by atoms with Crippen LogP contribution in [-0.4, -0.2) is 89.0 Å². The van der Waals surface area contributed by atoms with Crippen molar-refractivity contribution in [3.8, 4) is 28.4 Å². The van der Waals surface area contributed by atoms with E-state index in [0.29, 0.717) is 36.8 Å². The van der Waals surface area contributed by atoms with E-state index in [9.17, 15) is 4.79 Å². The summed E-state index contributed by atoms with van der Waals surface area (Å²) in [6, 6.07) is 11.6. The van der Waals surface area contributed by atoms with Crippen LogP contribution < -0.4 is 9.64 Å². The molecule has 0 spiro atoms. The van der Waals surface area contributed by atoms with Crippen LogP contribution in [-0.2, 0) is 4.79 Å². The topological polar surface area (TPSA) is 90.5 Å². The monoisotopic (exact) mass is 433 g/mol. The second-order valence-electron chi connectivity index (χ2n) is 8.34. The van der Waals surface area contributed by atoms with E-state index in [1.54, 1.807) is 0 Å². The molecule has 166 valence electrons. The number of nitrogens with zero attached hydrogens (tertiary/aromatic N) is 6. The van der Waals surface area contributed by atoms with Crippen LogP contribution in [0.4, 0.5) is 5.69 Å². The summed E-state index contributed by atoms with van der Waals surface area (Å²) in [6.07, 6.45) is 0. The lowest BCUT2D eigenvalue weighted by Gasteiger charge is -2.35. The molecule has 0 atom stereocenters. The minimum atomic E-state index is 0.0944. The summed E-state index contributed by atoms with van der Waals surface area (Å²) in [5.74, 6) is 0.808. The number of hydrogen-bond donors (Lipinski definition) is 1. The van der Waals surface area contributed by atoms with Gasteiger partial charge in [-0.1, -0.05) is 6.07 Å². The maximum absolute atomic E-state index is 13.2. The SMILES string of the molecule is Cc1cccc(-c2n[nH]nc2-c2ccc3c(c2)N(C(=O)CN2CCN(C)CC2)CCO3)n1. The van der Waals surface area contributed by atoms with E-state index < -0.39 is 0 Å². The number of aryl methyl sites for hydroxylation is 1. The Bertz CT molecular complexity index is 1120. The minimum absolute atomic E-state index is 0.0944. The quantitative estimate of drug-likeness (QED) is 0.671. The standard InChI is InChI=1S/C23H27N7O2/c1-16-4-3-5-18(24-16)23-22(25-27-26-23)17-6-7-20-19(14-17)30(12-13-32-20)21(31)15-29-10-8-28(2)9-11-29/h3-7,14H,8-13,15H2,1-2H3,(H,25,26,27). The Balaban J connectivity index is 1.43. The number of amides is 1. The van der Waals surface area contributed by atoms with Crippen molar-refractivity contribution in [1.29, 1.82) is 0 Å². The van der Waals surface area contributed by atoms with Gasteiger partial charge in [0.25, 0.3) is 0 Å². The fourth-order valence-corrected chi connectivity index (χ4v) is 4.19. The van der Waals surface area contributed by atoms with E-state index in [2.05, 4.69) is 37.2 Å². The van der Waals surface area contributed by atoms with Gasteiger partial charge < -0.3 is 14.5 Å². The van der Waals surface area contributed by atoms with Crippen LogP contribution in [0.1, 0.15) is 5.69 Å². The molecule has 4 heterocycles. The van der Waals surface area contributed by atoms with Crippen LogP contribution in [0.3, 0.4) is 0 Å². The second-order valence-corrected chi connectivity index (χ2v) is 8.34. The molecular weight excluding hydrogens is 406 g/mol. The molecule has 1 saturated heterocycles. The van der Waals surface area contributed by atoms with Gasteiger partial charge >= 0.3 is 0 Å². The maximum atomic E-state index is 13.2. The zero-order chi connectivity index (χ0) is 22.1. The van der Waals surface area contributed by atoms with Gasteiger partial charge in [-0.05, 0) is 44.3 Å². The first-order valence-corrected chi connectivity index (χ1v) is 10.9. The Kier molecular flexibility index (Phi) is 5.59. The number of carbonyl (C=O) groups is 1. The number of nitrogens with one attached hydrogen (secondary N) is 1. The highest BCUT2D eigenvalue weighted by Crippen LogP contribution is 2.37. The zero-order valence-corrected chi connectivity index (χ0v) is 18.4. The van der Waals surface area contributed by atoms with E-state index in [1.807, 2.05) is 48.2 Å². The number of carbonyl (C=O) groups excluding carboxylic acids is 1. The Hall–Kier alpha value is -3.30. The Morgan fingerprint density at radius 3 is 2.69 bits per heavy atom. The summed E-state index contributed by atoms with van der Waals surface area (Å²) in [6.45, 7) is 7.18. The van der Waals surface area contributed by atoms with Crippen molar-refractivity contribution in [2.24, 2.45) is 0 Å². The Morgan fingerprint density at radius 1 is 1.06 bits per heavy atom. The summed E-state index contributed by atoms with van der Waals surface area (Å²) in [7, 11) is 2.11. The first-order valence-electron chi connectivity index (χ1n) is 10.9. The molecule has 3 aromatic rings. The molecule has 0 radical (unpaired) electrons. The number of benzene rings is 1. The lowest BCUT2D eigenvalue weighted by molar-refractivity contribution is -0.120. The van der Waals surface area contributed by atoms with E-state index >= 15 is 0 Å². The Morgan fingerprint density at radius 2 is 1.88 bits per heavy atom. The first-order chi connectivity index (χ1) is 15.6. The molecule has 0 saturated carbocycles. The minimum Gasteiger partial charge on any atom is -0.490 e. The highest BCUT2D eigenvalue weighted by Gasteiger charge is 2.27. The van der Waals surface area contributed by atoms with Crippen LogP contribution in [0.25, 0.3) is 22.6 Å². The third-order valence-electron chi connectivity index (χ3n) is 6.03. The van der Waals surface area contributed by atoms with Crippen LogP contribution in [0.15, 0.2) is 36.4 Å². The van der Waals surface area contributed by atoms with Gasteiger partial charge in [-0.15, -0.1) is 0 Å². The highest BCUT2D eigenvalue weighted by molar-refractivity contribution is 5.97. The largest absolute Gasteiger partial charge is 0.490 e. The summed E-state index contributed by atoms with van der Waals surface area (Å²) < 4.78 is 5.84. The molecule has 2 aliphatic heterocycles. The number of rotatable bonds is 4. The first kappa shape index (κ1) is 20.6. The number of aromatic amines is 1. The second kappa shape index (κ2) is 8.68. The predicted molar refractivity (Wildman–Crippen MR) is 122 cm³/mol. The zero-order valence-electron chi connectivity index (χ0n) is 18.4. The van der Waals surface area contributed by atoms with Gasteiger partial charge in [0, 0.05) is 37.4 Å². The lowest BCUT2D eigenvalue weighted by Crippen LogP contribution is -2.50. The molecule has 1 N–H and O–H groups in total. The van der Waals surface area contributed by atoms with Gasteiger partial charge in [-0.2, -0.15) is 15.4 Å². The molecule has 0 aliphatic carbocycles. The number of aromatic nitrogens is 4. The fraction of sp³-hybridized carbons (Fsp3) is 0.391. The van der Waals surface area contributed by atoms with Gasteiger partial charge in [0.2, 0.25) is 5.91 Å². The smallest absolute Gasteiger partial charge is 0.241 e.